The van der Waals surface area contributed by atoms with Gasteiger partial charge in [0.1, 0.15) is 5.75 Å². The van der Waals surface area contributed by atoms with Crippen molar-refractivity contribution in [3.8, 4) is 5.75 Å². The average Bonchev–Trinajstić information content (AvgIpc) is 3.10. The van der Waals surface area contributed by atoms with E-state index in [0.717, 1.165) is 44.4 Å². The summed E-state index contributed by atoms with van der Waals surface area (Å²) >= 11 is 0. The molecule has 1 heterocycles. The highest BCUT2D eigenvalue weighted by Crippen LogP contribution is 2.22. The second kappa shape index (κ2) is 12.4. The average molecular weight is 490 g/mol. The van der Waals surface area contributed by atoms with Crippen molar-refractivity contribution in [2.75, 3.05) is 61.1 Å². The van der Waals surface area contributed by atoms with Crippen LogP contribution in [-0.4, -0.2) is 76.9 Å². The smallest absolute Gasteiger partial charge is 0.193 e. The number of benzene rings is 1. The summed E-state index contributed by atoms with van der Waals surface area (Å²) in [5.41, 5.74) is 1.24. The number of nitrogens with zero attached hydrogens (tertiary/aromatic N) is 3. The fourth-order valence-electron chi connectivity index (χ4n) is 3.39. The van der Waals surface area contributed by atoms with Crippen LogP contribution >= 0.6 is 24.0 Å². The number of methoxy groups -OCH3 is 2. The maximum absolute atomic E-state index is 5.32. The van der Waals surface area contributed by atoms with Crippen molar-refractivity contribution >= 4 is 29.9 Å². The largest absolute Gasteiger partial charge is 0.497 e. The number of likely N-dealkylation sites (N-methyl/N-ethyl adjacent to an activating group) is 1. The molecule has 0 aliphatic carbocycles. The van der Waals surface area contributed by atoms with Crippen molar-refractivity contribution in [3.63, 3.8) is 0 Å². The Bertz CT molecular complexity index is 566. The molecule has 1 aliphatic rings. The van der Waals surface area contributed by atoms with Crippen molar-refractivity contribution in [1.29, 1.82) is 0 Å². The van der Waals surface area contributed by atoms with Gasteiger partial charge in [-0.05, 0) is 45.1 Å². The molecular weight excluding hydrogens is 455 g/mol. The Balaban J connectivity index is 0.00000364. The van der Waals surface area contributed by atoms with Gasteiger partial charge in [0.25, 0.3) is 0 Å². The summed E-state index contributed by atoms with van der Waals surface area (Å²) in [4.78, 5) is 9.52. The molecule has 0 bridgehead atoms. The predicted octanol–water partition coefficient (Wildman–Crippen LogP) is 2.85. The summed E-state index contributed by atoms with van der Waals surface area (Å²) in [6, 6.07) is 8.49. The molecule has 1 aliphatic heterocycles. The van der Waals surface area contributed by atoms with E-state index in [4.69, 9.17) is 14.5 Å². The molecule has 27 heavy (non-hydrogen) atoms. The van der Waals surface area contributed by atoms with Gasteiger partial charge in [0.15, 0.2) is 5.96 Å². The number of hydrogen-bond donors (Lipinski definition) is 1. The molecule has 2 rings (SSSR count). The highest BCUT2D eigenvalue weighted by Gasteiger charge is 2.25. The van der Waals surface area contributed by atoms with Crippen LogP contribution < -0.4 is 10.1 Å². The third-order valence-corrected chi connectivity index (χ3v) is 4.86. The molecule has 2 unspecified atom stereocenters. The summed E-state index contributed by atoms with van der Waals surface area (Å²) in [5, 5.41) is 3.45. The van der Waals surface area contributed by atoms with Crippen LogP contribution in [0.5, 0.6) is 5.75 Å². The van der Waals surface area contributed by atoms with Crippen molar-refractivity contribution in [3.05, 3.63) is 29.8 Å². The van der Waals surface area contributed by atoms with Crippen molar-refractivity contribution < 1.29 is 9.47 Å². The molecule has 154 valence electrons. The molecule has 1 fully saturated rings. The molecule has 0 aromatic heterocycles. The van der Waals surface area contributed by atoms with E-state index < -0.39 is 0 Å². The lowest BCUT2D eigenvalue weighted by atomic mass is 10.1. The Morgan fingerprint density at radius 3 is 2.56 bits per heavy atom. The maximum Gasteiger partial charge on any atom is 0.193 e. The molecule has 1 N–H and O–H groups in total. The first-order valence-electron chi connectivity index (χ1n) is 9.41. The fourth-order valence-corrected chi connectivity index (χ4v) is 3.39. The molecule has 0 amide bonds. The van der Waals surface area contributed by atoms with Gasteiger partial charge in [0, 0.05) is 32.7 Å². The standard InChI is InChI=1S/C20H34N4O2.HI/c1-6-21-20(24-12-11-16(14-24)15-25-4)22-13-19(23(2)3)17-7-9-18(26-5)10-8-17;/h7-10,16,19H,6,11-15H2,1-5H3,(H,21,22);1H. The molecule has 0 radical (unpaired) electrons. The van der Waals surface area contributed by atoms with Crippen molar-refractivity contribution in [2.24, 2.45) is 10.9 Å². The van der Waals surface area contributed by atoms with Crippen LogP contribution in [0.3, 0.4) is 0 Å². The van der Waals surface area contributed by atoms with Crippen LogP contribution in [0.1, 0.15) is 24.9 Å². The summed E-state index contributed by atoms with van der Waals surface area (Å²) in [5.74, 6) is 2.48. The van der Waals surface area contributed by atoms with Gasteiger partial charge >= 0.3 is 0 Å². The SMILES string of the molecule is CCNC(=NCC(c1ccc(OC)cc1)N(C)C)N1CCC(COC)C1.I. The van der Waals surface area contributed by atoms with E-state index in [1.165, 1.54) is 5.56 Å². The zero-order chi connectivity index (χ0) is 18.9. The van der Waals surface area contributed by atoms with Gasteiger partial charge in [0.05, 0.1) is 26.3 Å². The highest BCUT2D eigenvalue weighted by molar-refractivity contribution is 14.0. The van der Waals surface area contributed by atoms with E-state index in [1.807, 2.05) is 12.1 Å². The molecule has 1 aromatic rings. The van der Waals surface area contributed by atoms with Crippen LogP contribution in [0.2, 0.25) is 0 Å². The first kappa shape index (κ1) is 24.0. The molecular formula is C20H35IN4O2. The molecule has 6 nitrogen and oxygen atoms in total. The number of halogens is 1. The Kier molecular flexibility index (Phi) is 11.0. The Morgan fingerprint density at radius 1 is 1.30 bits per heavy atom. The topological polar surface area (TPSA) is 49.3 Å². The highest BCUT2D eigenvalue weighted by atomic mass is 127. The lowest BCUT2D eigenvalue weighted by molar-refractivity contribution is 0.157. The van der Waals surface area contributed by atoms with Crippen molar-refractivity contribution in [1.82, 2.24) is 15.1 Å². The number of guanidine groups is 1. The lowest BCUT2D eigenvalue weighted by Gasteiger charge is -2.26. The van der Waals surface area contributed by atoms with Gasteiger partial charge < -0.3 is 24.6 Å². The third kappa shape index (κ3) is 7.12. The van der Waals surface area contributed by atoms with Gasteiger partial charge in [-0.25, -0.2) is 0 Å². The van der Waals surface area contributed by atoms with E-state index in [9.17, 15) is 0 Å². The zero-order valence-corrected chi connectivity index (χ0v) is 19.6. The second-order valence-corrected chi connectivity index (χ2v) is 7.00. The number of nitrogens with one attached hydrogen (secondary N) is 1. The Hall–Kier alpha value is -1.06. The van der Waals surface area contributed by atoms with Crippen LogP contribution in [0.4, 0.5) is 0 Å². The minimum Gasteiger partial charge on any atom is -0.497 e. The minimum absolute atomic E-state index is 0. The van der Waals surface area contributed by atoms with Gasteiger partial charge in [-0.3, -0.25) is 4.99 Å². The van der Waals surface area contributed by atoms with Gasteiger partial charge in [-0.1, -0.05) is 12.1 Å². The molecule has 7 heteroatoms. The summed E-state index contributed by atoms with van der Waals surface area (Å²) < 4.78 is 10.6. The first-order valence-corrected chi connectivity index (χ1v) is 9.41. The molecule has 0 saturated carbocycles. The molecule has 1 saturated heterocycles. The molecule has 2 atom stereocenters. The summed E-state index contributed by atoms with van der Waals surface area (Å²) in [6.45, 7) is 6.57. The maximum atomic E-state index is 5.32. The fraction of sp³-hybridized carbons (Fsp3) is 0.650. The van der Waals surface area contributed by atoms with E-state index in [-0.39, 0.29) is 30.0 Å². The van der Waals surface area contributed by atoms with E-state index >= 15 is 0 Å². The number of rotatable bonds is 8. The normalized spacial score (nSPS) is 18.4. The lowest BCUT2D eigenvalue weighted by Crippen LogP contribution is -2.41. The van der Waals surface area contributed by atoms with Crippen LogP contribution in [-0.2, 0) is 4.74 Å². The van der Waals surface area contributed by atoms with Crippen LogP contribution in [0.25, 0.3) is 0 Å². The van der Waals surface area contributed by atoms with E-state index in [2.05, 4.69) is 48.3 Å². The van der Waals surface area contributed by atoms with Crippen molar-refractivity contribution in [2.45, 2.75) is 19.4 Å². The Labute approximate surface area is 181 Å². The van der Waals surface area contributed by atoms with Crippen LogP contribution in [0, 0.1) is 5.92 Å². The number of ether oxygens (including phenoxy) is 2. The number of aliphatic imine (C=N–C) groups is 1. The summed E-state index contributed by atoms with van der Waals surface area (Å²) in [6.07, 6.45) is 1.16. The monoisotopic (exact) mass is 490 g/mol. The molecule has 0 spiro atoms. The second-order valence-electron chi connectivity index (χ2n) is 7.00. The van der Waals surface area contributed by atoms with E-state index in [0.29, 0.717) is 12.5 Å². The predicted molar refractivity (Wildman–Crippen MR) is 122 cm³/mol. The summed E-state index contributed by atoms with van der Waals surface area (Å²) in [7, 11) is 7.67. The van der Waals surface area contributed by atoms with Gasteiger partial charge in [-0.2, -0.15) is 0 Å². The quantitative estimate of drug-likeness (QED) is 0.345. The molecule has 1 aromatic carbocycles. The zero-order valence-electron chi connectivity index (χ0n) is 17.3. The van der Waals surface area contributed by atoms with Crippen LogP contribution in [0.15, 0.2) is 29.3 Å². The third-order valence-electron chi connectivity index (χ3n) is 4.86. The van der Waals surface area contributed by atoms with E-state index in [1.54, 1.807) is 14.2 Å². The first-order chi connectivity index (χ1) is 12.6. The number of likely N-dealkylation sites (tertiary alicyclic amines) is 1. The minimum atomic E-state index is 0. The number of hydrogen-bond acceptors (Lipinski definition) is 4. The van der Waals surface area contributed by atoms with Gasteiger partial charge in [0.2, 0.25) is 0 Å². The van der Waals surface area contributed by atoms with Gasteiger partial charge in [-0.15, -0.1) is 24.0 Å². The Morgan fingerprint density at radius 2 is 2.00 bits per heavy atom.